The summed E-state index contributed by atoms with van der Waals surface area (Å²) in [6.45, 7) is 6.74. The molecule has 6 heteroatoms. The number of halogens is 1. The van der Waals surface area contributed by atoms with Crippen LogP contribution in [0.4, 0.5) is 0 Å². The zero-order valence-corrected chi connectivity index (χ0v) is 14.4. The lowest BCUT2D eigenvalue weighted by Gasteiger charge is -2.24. The zero-order valence-electron chi connectivity index (χ0n) is 13.7. The van der Waals surface area contributed by atoms with Crippen LogP contribution in [0.3, 0.4) is 0 Å². The van der Waals surface area contributed by atoms with Crippen molar-refractivity contribution >= 4 is 11.6 Å². The van der Waals surface area contributed by atoms with Crippen LogP contribution in [0.2, 0.25) is 5.02 Å². The lowest BCUT2D eigenvalue weighted by atomic mass is 10.0. The summed E-state index contributed by atoms with van der Waals surface area (Å²) in [5.74, 6) is 1.12. The van der Waals surface area contributed by atoms with E-state index in [1.165, 1.54) is 0 Å². The maximum absolute atomic E-state index is 11.9. The van der Waals surface area contributed by atoms with Gasteiger partial charge in [-0.05, 0) is 36.6 Å². The fraction of sp³-hybridized carbons (Fsp3) is 0.333. The molecule has 0 amide bonds. The van der Waals surface area contributed by atoms with Gasteiger partial charge in [0.25, 0.3) is 0 Å². The van der Waals surface area contributed by atoms with Crippen molar-refractivity contribution in [1.82, 2.24) is 9.72 Å². The van der Waals surface area contributed by atoms with Crippen molar-refractivity contribution in [2.24, 2.45) is 5.92 Å². The second kappa shape index (κ2) is 5.38. The minimum atomic E-state index is -0.421. The summed E-state index contributed by atoms with van der Waals surface area (Å²) in [6, 6.07) is 5.82. The van der Waals surface area contributed by atoms with E-state index >= 15 is 0 Å². The molecule has 0 radical (unpaired) electrons. The third kappa shape index (κ3) is 2.23. The van der Waals surface area contributed by atoms with E-state index in [-0.39, 0.29) is 6.04 Å². The molecule has 4 rings (SSSR count). The lowest BCUT2D eigenvalue weighted by Crippen LogP contribution is -2.22. The third-order valence-corrected chi connectivity index (χ3v) is 5.02. The molecule has 0 spiro atoms. The summed E-state index contributed by atoms with van der Waals surface area (Å²) in [7, 11) is 0. The molecule has 0 aliphatic carbocycles. The van der Waals surface area contributed by atoms with Gasteiger partial charge in [-0.1, -0.05) is 30.6 Å². The smallest absolute Gasteiger partial charge is 0.369 e. The van der Waals surface area contributed by atoms with E-state index < -0.39 is 5.63 Å². The Morgan fingerprint density at radius 2 is 2.08 bits per heavy atom. The quantitative estimate of drug-likeness (QED) is 0.665. The van der Waals surface area contributed by atoms with Gasteiger partial charge >= 0.3 is 5.63 Å². The van der Waals surface area contributed by atoms with Crippen LogP contribution in [-0.2, 0) is 0 Å². The van der Waals surface area contributed by atoms with E-state index in [0.29, 0.717) is 28.8 Å². The molecule has 5 nitrogen and oxygen atoms in total. The first kappa shape index (κ1) is 15.3. The second-order valence-electron chi connectivity index (χ2n) is 6.55. The summed E-state index contributed by atoms with van der Waals surface area (Å²) >= 11 is 6.34. The van der Waals surface area contributed by atoms with Crippen molar-refractivity contribution in [3.8, 4) is 28.3 Å². The Balaban J connectivity index is 2.07. The topological polar surface area (TPSA) is 57.3 Å². The van der Waals surface area contributed by atoms with Crippen LogP contribution in [0, 0.1) is 12.8 Å². The Morgan fingerprint density at radius 3 is 2.83 bits per heavy atom. The first-order chi connectivity index (χ1) is 11.5. The molecule has 0 saturated heterocycles. The Bertz CT molecular complexity index is 957. The number of benzene rings is 1. The number of hydrogen-bond donors (Lipinski definition) is 0. The van der Waals surface area contributed by atoms with Crippen LogP contribution in [-0.4, -0.2) is 16.3 Å². The molecule has 0 fully saturated rings. The van der Waals surface area contributed by atoms with E-state index in [9.17, 15) is 4.79 Å². The molecule has 124 valence electrons. The highest BCUT2D eigenvalue weighted by atomic mass is 35.5. The van der Waals surface area contributed by atoms with Crippen LogP contribution < -0.4 is 10.4 Å². The first-order valence-corrected chi connectivity index (χ1v) is 8.28. The maximum atomic E-state index is 11.9. The minimum absolute atomic E-state index is 0.0881. The third-order valence-electron chi connectivity index (χ3n) is 4.62. The molecule has 3 aliphatic heterocycles. The molecule has 1 unspecified atom stereocenters. The van der Waals surface area contributed by atoms with Gasteiger partial charge < -0.3 is 13.8 Å². The number of fused-ring (bicyclic) bond motifs is 4. The largest absolute Gasteiger partial charge is 0.491 e. The second-order valence-corrected chi connectivity index (χ2v) is 6.96. The van der Waals surface area contributed by atoms with Crippen LogP contribution >= 0.6 is 11.6 Å². The SMILES string of the molecule is Cc1cc2c(cc1Cl)-c1cc3noc(=O)c-3cn1C(C(C)C)CO2. The number of aromatic nitrogens is 2. The number of rotatable bonds is 1. The molecule has 3 aliphatic rings. The molecule has 1 atom stereocenters. The molecule has 0 N–H and O–H groups in total. The van der Waals surface area contributed by atoms with Crippen molar-refractivity contribution in [2.45, 2.75) is 26.8 Å². The first-order valence-electron chi connectivity index (χ1n) is 7.90. The molecular weight excluding hydrogens is 328 g/mol. The van der Waals surface area contributed by atoms with Crippen molar-refractivity contribution < 1.29 is 9.26 Å². The highest BCUT2D eigenvalue weighted by Crippen LogP contribution is 2.41. The molecule has 1 aromatic carbocycles. The average molecular weight is 345 g/mol. The van der Waals surface area contributed by atoms with Crippen molar-refractivity contribution in [3.05, 3.63) is 45.4 Å². The lowest BCUT2D eigenvalue weighted by molar-refractivity contribution is 0.220. The Labute approximate surface area is 144 Å². The summed E-state index contributed by atoms with van der Waals surface area (Å²) in [6.07, 6.45) is 1.82. The molecule has 0 bridgehead atoms. The van der Waals surface area contributed by atoms with Crippen molar-refractivity contribution in [1.29, 1.82) is 0 Å². The number of hydrogen-bond acceptors (Lipinski definition) is 4. The number of nitrogens with zero attached hydrogens (tertiary/aromatic N) is 2. The van der Waals surface area contributed by atoms with Gasteiger partial charge in [-0.15, -0.1) is 0 Å². The van der Waals surface area contributed by atoms with Crippen LogP contribution in [0.15, 0.2) is 33.7 Å². The standard InChI is InChI=1S/C18H17ClN2O3/c1-9(2)16-8-23-17-4-10(3)13(19)5-11(17)15-6-14-12(7-21(15)16)18(22)24-20-14/h4-7,9,16H,8H2,1-3H3. The molecule has 0 saturated carbocycles. The van der Waals surface area contributed by atoms with Gasteiger partial charge in [-0.3, -0.25) is 0 Å². The van der Waals surface area contributed by atoms with Crippen molar-refractivity contribution in [3.63, 3.8) is 0 Å². The highest BCUT2D eigenvalue weighted by Gasteiger charge is 2.28. The van der Waals surface area contributed by atoms with E-state index in [1.54, 1.807) is 0 Å². The Morgan fingerprint density at radius 1 is 1.29 bits per heavy atom. The van der Waals surface area contributed by atoms with Gasteiger partial charge in [0.1, 0.15) is 23.6 Å². The van der Waals surface area contributed by atoms with Gasteiger partial charge in [-0.2, -0.15) is 0 Å². The Hall–Kier alpha value is -2.27. The molecule has 24 heavy (non-hydrogen) atoms. The van der Waals surface area contributed by atoms with Crippen LogP contribution in [0.25, 0.3) is 22.5 Å². The molecule has 3 heterocycles. The average Bonchev–Trinajstić information content (AvgIpc) is 2.82. The highest BCUT2D eigenvalue weighted by molar-refractivity contribution is 6.31. The summed E-state index contributed by atoms with van der Waals surface area (Å²) < 4.78 is 13.0. The number of ether oxygens (including phenoxy) is 1. The fourth-order valence-electron chi connectivity index (χ4n) is 3.16. The van der Waals surface area contributed by atoms with E-state index in [2.05, 4.69) is 23.6 Å². The zero-order chi connectivity index (χ0) is 17.0. The van der Waals surface area contributed by atoms with Crippen LogP contribution in [0.1, 0.15) is 25.5 Å². The van der Waals surface area contributed by atoms with Gasteiger partial charge in [-0.25, -0.2) is 4.79 Å². The van der Waals surface area contributed by atoms with Gasteiger partial charge in [0.15, 0.2) is 0 Å². The van der Waals surface area contributed by atoms with Gasteiger partial charge in [0.05, 0.1) is 11.7 Å². The van der Waals surface area contributed by atoms with E-state index in [0.717, 1.165) is 22.6 Å². The normalized spacial score (nSPS) is 16.6. The molecule has 1 aromatic rings. The Kier molecular flexibility index (Phi) is 3.42. The predicted molar refractivity (Wildman–Crippen MR) is 91.9 cm³/mol. The van der Waals surface area contributed by atoms with E-state index in [1.807, 2.05) is 31.3 Å². The maximum Gasteiger partial charge on any atom is 0.369 e. The fourth-order valence-corrected chi connectivity index (χ4v) is 3.33. The molecule has 0 aromatic heterocycles. The summed E-state index contributed by atoms with van der Waals surface area (Å²) in [4.78, 5) is 11.9. The van der Waals surface area contributed by atoms with E-state index in [4.69, 9.17) is 20.9 Å². The van der Waals surface area contributed by atoms with Gasteiger partial charge in [0, 0.05) is 16.8 Å². The summed E-state index contributed by atoms with van der Waals surface area (Å²) in [5.41, 5.74) is 3.38. The minimum Gasteiger partial charge on any atom is -0.491 e. The monoisotopic (exact) mass is 344 g/mol. The van der Waals surface area contributed by atoms with Crippen molar-refractivity contribution in [2.75, 3.05) is 6.61 Å². The number of aryl methyl sites for hydroxylation is 1. The van der Waals surface area contributed by atoms with Crippen LogP contribution in [0.5, 0.6) is 5.75 Å². The van der Waals surface area contributed by atoms with Gasteiger partial charge in [0.2, 0.25) is 0 Å². The molecular formula is C18H17ClN2O3. The predicted octanol–water partition coefficient (Wildman–Crippen LogP) is 4.16. The number of pyridine rings is 1. The summed E-state index contributed by atoms with van der Waals surface area (Å²) in [5, 5.41) is 4.54.